The fraction of sp³-hybridized carbons (Fsp3) is 0.0526. The number of nitrogens with zero attached hydrogens (tertiary/aromatic N) is 2. The average Bonchev–Trinajstić information content (AvgIpc) is 2.98. The van der Waals surface area contributed by atoms with Gasteiger partial charge in [0, 0.05) is 17.0 Å². The molecule has 23 heavy (non-hydrogen) atoms. The number of rotatable bonds is 3. The quantitative estimate of drug-likeness (QED) is 0.623. The van der Waals surface area contributed by atoms with Gasteiger partial charge in [0.15, 0.2) is 0 Å². The smallest absolute Gasteiger partial charge is 0.337 e. The van der Waals surface area contributed by atoms with Gasteiger partial charge in [-0.2, -0.15) is 0 Å². The van der Waals surface area contributed by atoms with Gasteiger partial charge in [0.1, 0.15) is 0 Å². The van der Waals surface area contributed by atoms with Gasteiger partial charge in [0.2, 0.25) is 0 Å². The third-order valence-electron chi connectivity index (χ3n) is 4.01. The van der Waals surface area contributed by atoms with Crippen molar-refractivity contribution in [1.82, 2.24) is 9.55 Å². The molecule has 0 saturated heterocycles. The predicted octanol–water partition coefficient (Wildman–Crippen LogP) is 3.94. The number of hydrogen-bond donors (Lipinski definition) is 1. The van der Waals surface area contributed by atoms with Crippen LogP contribution in [0.1, 0.15) is 16.1 Å². The topological polar surface area (TPSA) is 55.1 Å². The second-order valence-electron chi connectivity index (χ2n) is 5.49. The van der Waals surface area contributed by atoms with Gasteiger partial charge in [0.25, 0.3) is 0 Å². The van der Waals surface area contributed by atoms with Crippen molar-refractivity contribution < 1.29 is 9.90 Å². The summed E-state index contributed by atoms with van der Waals surface area (Å²) in [4.78, 5) is 16.1. The van der Waals surface area contributed by atoms with Crippen LogP contribution in [-0.2, 0) is 6.54 Å². The SMILES string of the molecule is O=C(O)c1cccc2ccn(Cc3ccc4ccccc4n3)c12. The molecule has 0 spiro atoms. The number of fused-ring (bicyclic) bond motifs is 2. The largest absolute Gasteiger partial charge is 0.478 e. The molecule has 0 atom stereocenters. The molecular weight excluding hydrogens is 288 g/mol. The van der Waals surface area contributed by atoms with E-state index in [-0.39, 0.29) is 0 Å². The van der Waals surface area contributed by atoms with E-state index in [1.54, 1.807) is 12.1 Å². The average molecular weight is 302 g/mol. The van der Waals surface area contributed by atoms with E-state index >= 15 is 0 Å². The van der Waals surface area contributed by atoms with Crippen molar-refractivity contribution in [3.05, 3.63) is 78.1 Å². The van der Waals surface area contributed by atoms with E-state index in [2.05, 4.69) is 4.98 Å². The molecule has 2 heterocycles. The van der Waals surface area contributed by atoms with Crippen molar-refractivity contribution in [1.29, 1.82) is 0 Å². The first-order valence-electron chi connectivity index (χ1n) is 7.38. The van der Waals surface area contributed by atoms with Crippen LogP contribution in [0, 0.1) is 0 Å². The standard InChI is InChI=1S/C19H14N2O2/c22-19(23)16-6-3-5-14-10-11-21(18(14)16)12-15-9-8-13-4-1-2-7-17(13)20-15/h1-11H,12H2,(H,22,23). The number of carbonyl (C=O) groups is 1. The van der Waals surface area contributed by atoms with Crippen LogP contribution in [0.3, 0.4) is 0 Å². The second-order valence-corrected chi connectivity index (χ2v) is 5.49. The molecule has 2 aromatic heterocycles. The molecule has 0 bridgehead atoms. The van der Waals surface area contributed by atoms with Crippen LogP contribution < -0.4 is 0 Å². The van der Waals surface area contributed by atoms with Gasteiger partial charge in [-0.15, -0.1) is 0 Å². The Morgan fingerprint density at radius 1 is 0.957 bits per heavy atom. The minimum Gasteiger partial charge on any atom is -0.478 e. The second kappa shape index (κ2) is 5.25. The van der Waals surface area contributed by atoms with Crippen molar-refractivity contribution in [2.24, 2.45) is 0 Å². The Bertz CT molecular complexity index is 1030. The molecule has 0 aliphatic rings. The third kappa shape index (κ3) is 2.34. The number of aromatic carboxylic acids is 1. The normalized spacial score (nSPS) is 11.1. The number of para-hydroxylation sites is 2. The molecule has 0 unspecified atom stereocenters. The zero-order valence-electron chi connectivity index (χ0n) is 12.3. The van der Waals surface area contributed by atoms with Crippen LogP contribution in [0.5, 0.6) is 0 Å². The summed E-state index contributed by atoms with van der Waals surface area (Å²) in [5, 5.41) is 11.4. The molecule has 4 nitrogen and oxygen atoms in total. The van der Waals surface area contributed by atoms with Crippen LogP contribution in [0.25, 0.3) is 21.8 Å². The fourth-order valence-electron chi connectivity index (χ4n) is 2.94. The Morgan fingerprint density at radius 3 is 2.65 bits per heavy atom. The summed E-state index contributed by atoms with van der Waals surface area (Å²) in [6.07, 6.45) is 1.91. The maximum Gasteiger partial charge on any atom is 0.337 e. The molecule has 0 radical (unpaired) electrons. The molecule has 4 aromatic rings. The molecule has 0 fully saturated rings. The molecule has 4 rings (SSSR count). The Kier molecular flexibility index (Phi) is 3.08. The van der Waals surface area contributed by atoms with Gasteiger partial charge < -0.3 is 9.67 Å². The van der Waals surface area contributed by atoms with Gasteiger partial charge in [-0.1, -0.05) is 36.4 Å². The molecule has 2 aromatic carbocycles. The summed E-state index contributed by atoms with van der Waals surface area (Å²) >= 11 is 0. The summed E-state index contributed by atoms with van der Waals surface area (Å²) in [6, 6.07) is 19.2. The van der Waals surface area contributed by atoms with Crippen LogP contribution in [0.4, 0.5) is 0 Å². The summed E-state index contributed by atoms with van der Waals surface area (Å²) in [5.74, 6) is -0.915. The van der Waals surface area contributed by atoms with Crippen molar-refractivity contribution in [2.75, 3.05) is 0 Å². The van der Waals surface area contributed by atoms with Crippen molar-refractivity contribution in [3.63, 3.8) is 0 Å². The number of hydrogen-bond acceptors (Lipinski definition) is 2. The van der Waals surface area contributed by atoms with Crippen LogP contribution in [0.2, 0.25) is 0 Å². The van der Waals surface area contributed by atoms with Crippen molar-refractivity contribution in [3.8, 4) is 0 Å². The van der Waals surface area contributed by atoms with E-state index < -0.39 is 5.97 Å². The van der Waals surface area contributed by atoms with Gasteiger partial charge in [-0.05, 0) is 24.3 Å². The highest BCUT2D eigenvalue weighted by molar-refractivity contribution is 6.02. The summed E-state index contributed by atoms with van der Waals surface area (Å²) in [7, 11) is 0. The van der Waals surface area contributed by atoms with Gasteiger partial charge in [0.05, 0.1) is 28.8 Å². The molecule has 4 heteroatoms. The molecule has 0 saturated carbocycles. The number of benzene rings is 2. The fourth-order valence-corrected chi connectivity index (χ4v) is 2.94. The van der Waals surface area contributed by atoms with E-state index in [4.69, 9.17) is 0 Å². The number of aromatic nitrogens is 2. The molecule has 112 valence electrons. The van der Waals surface area contributed by atoms with E-state index in [0.717, 1.165) is 27.5 Å². The molecule has 0 amide bonds. The minimum absolute atomic E-state index is 0.313. The highest BCUT2D eigenvalue weighted by atomic mass is 16.4. The number of carboxylic acid groups (broad SMARTS) is 1. The first-order chi connectivity index (χ1) is 11.2. The highest BCUT2D eigenvalue weighted by Crippen LogP contribution is 2.22. The summed E-state index contributed by atoms with van der Waals surface area (Å²) in [5.41, 5.74) is 2.89. The van der Waals surface area contributed by atoms with Crippen LogP contribution in [0.15, 0.2) is 66.9 Å². The maximum absolute atomic E-state index is 11.5. The molecule has 0 aliphatic heterocycles. The Hall–Kier alpha value is -3.14. The summed E-state index contributed by atoms with van der Waals surface area (Å²) in [6.45, 7) is 0.540. The Labute approximate surface area is 132 Å². The van der Waals surface area contributed by atoms with E-state index in [0.29, 0.717) is 12.1 Å². The van der Waals surface area contributed by atoms with Gasteiger partial charge in [-0.25, -0.2) is 4.79 Å². The van der Waals surface area contributed by atoms with Crippen molar-refractivity contribution in [2.45, 2.75) is 6.54 Å². The van der Waals surface area contributed by atoms with Crippen LogP contribution >= 0.6 is 0 Å². The monoisotopic (exact) mass is 302 g/mol. The molecule has 0 aliphatic carbocycles. The van der Waals surface area contributed by atoms with Crippen LogP contribution in [-0.4, -0.2) is 20.6 Å². The number of carboxylic acids is 1. The lowest BCUT2D eigenvalue weighted by Gasteiger charge is -2.08. The Balaban J connectivity index is 1.81. The zero-order chi connectivity index (χ0) is 15.8. The first-order valence-corrected chi connectivity index (χ1v) is 7.38. The lowest BCUT2D eigenvalue weighted by molar-refractivity contribution is 0.0698. The van der Waals surface area contributed by atoms with E-state index in [1.807, 2.05) is 59.3 Å². The third-order valence-corrected chi connectivity index (χ3v) is 4.01. The predicted molar refractivity (Wildman–Crippen MR) is 89.7 cm³/mol. The van der Waals surface area contributed by atoms with E-state index in [1.165, 1.54) is 0 Å². The Morgan fingerprint density at radius 2 is 1.78 bits per heavy atom. The first kappa shape index (κ1) is 13.5. The molecule has 1 N–H and O–H groups in total. The van der Waals surface area contributed by atoms with Gasteiger partial charge in [-0.3, -0.25) is 4.98 Å². The van der Waals surface area contributed by atoms with Gasteiger partial charge >= 0.3 is 5.97 Å². The maximum atomic E-state index is 11.5. The molecular formula is C19H14N2O2. The highest BCUT2D eigenvalue weighted by Gasteiger charge is 2.12. The lowest BCUT2D eigenvalue weighted by Crippen LogP contribution is -2.05. The number of pyridine rings is 1. The zero-order valence-corrected chi connectivity index (χ0v) is 12.3. The minimum atomic E-state index is -0.915. The lowest BCUT2D eigenvalue weighted by atomic mass is 10.1. The van der Waals surface area contributed by atoms with Crippen molar-refractivity contribution >= 4 is 27.8 Å². The van der Waals surface area contributed by atoms with E-state index in [9.17, 15) is 9.90 Å². The summed E-state index contributed by atoms with van der Waals surface area (Å²) < 4.78 is 1.94.